The highest BCUT2D eigenvalue weighted by molar-refractivity contribution is 5.70. The van der Waals surface area contributed by atoms with Gasteiger partial charge in [-0.05, 0) is 57.4 Å². The van der Waals surface area contributed by atoms with Gasteiger partial charge in [-0.15, -0.1) is 0 Å². The quantitative estimate of drug-likeness (QED) is 0.852. The zero-order valence-electron chi connectivity index (χ0n) is 14.5. The fourth-order valence-corrected chi connectivity index (χ4v) is 3.60. The van der Waals surface area contributed by atoms with Crippen LogP contribution in [0.15, 0.2) is 18.2 Å². The molecule has 23 heavy (non-hydrogen) atoms. The van der Waals surface area contributed by atoms with E-state index < -0.39 is 5.60 Å². The van der Waals surface area contributed by atoms with Crippen molar-refractivity contribution in [1.82, 2.24) is 4.90 Å². The highest BCUT2D eigenvalue weighted by atomic mass is 16.6. The highest BCUT2D eigenvalue weighted by Crippen LogP contribution is 2.36. The van der Waals surface area contributed by atoms with Gasteiger partial charge in [0.15, 0.2) is 0 Å². The molecule has 0 unspecified atom stereocenters. The molecule has 126 valence electrons. The Bertz CT molecular complexity index is 609. The molecule has 5 heteroatoms. The molecule has 2 saturated heterocycles. The van der Waals surface area contributed by atoms with Crippen molar-refractivity contribution < 1.29 is 9.53 Å². The number of amides is 1. The van der Waals surface area contributed by atoms with E-state index in [4.69, 9.17) is 10.5 Å². The molecule has 2 aliphatic rings. The Labute approximate surface area is 138 Å². The maximum atomic E-state index is 12.3. The Hall–Kier alpha value is -1.91. The molecule has 2 atom stereocenters. The van der Waals surface area contributed by atoms with Crippen LogP contribution < -0.4 is 10.6 Å². The van der Waals surface area contributed by atoms with Gasteiger partial charge in [0.05, 0.1) is 6.04 Å². The summed E-state index contributed by atoms with van der Waals surface area (Å²) in [4.78, 5) is 16.6. The monoisotopic (exact) mass is 317 g/mol. The number of hydrogen-bond acceptors (Lipinski definition) is 4. The first-order valence-electron chi connectivity index (χ1n) is 8.43. The van der Waals surface area contributed by atoms with Crippen LogP contribution in [0.3, 0.4) is 0 Å². The van der Waals surface area contributed by atoms with E-state index in [2.05, 4.69) is 24.0 Å². The summed E-state index contributed by atoms with van der Waals surface area (Å²) < 4.78 is 5.52. The number of anilines is 2. The number of nitrogens with two attached hydrogens (primary N) is 1. The molecule has 0 saturated carbocycles. The molecule has 2 N–H and O–H groups in total. The van der Waals surface area contributed by atoms with Gasteiger partial charge in [-0.3, -0.25) is 0 Å². The third kappa shape index (κ3) is 3.09. The number of likely N-dealkylation sites (tertiary alicyclic amines) is 1. The Morgan fingerprint density at radius 3 is 2.61 bits per heavy atom. The van der Waals surface area contributed by atoms with E-state index in [-0.39, 0.29) is 12.1 Å². The third-order valence-corrected chi connectivity index (χ3v) is 4.71. The number of benzene rings is 1. The highest BCUT2D eigenvalue weighted by Gasteiger charge is 2.46. The summed E-state index contributed by atoms with van der Waals surface area (Å²) in [5.74, 6) is 0. The number of carbonyl (C=O) groups excluding carboxylic acids is 1. The lowest BCUT2D eigenvalue weighted by atomic mass is 10.1. The van der Waals surface area contributed by atoms with Crippen LogP contribution in [0.5, 0.6) is 0 Å². The zero-order chi connectivity index (χ0) is 16.8. The summed E-state index contributed by atoms with van der Waals surface area (Å²) in [7, 11) is 0. The second-order valence-electron chi connectivity index (χ2n) is 7.57. The van der Waals surface area contributed by atoms with Gasteiger partial charge in [0.2, 0.25) is 0 Å². The summed E-state index contributed by atoms with van der Waals surface area (Å²) >= 11 is 0. The molecule has 1 aromatic carbocycles. The second kappa shape index (κ2) is 5.62. The number of hydrogen-bond donors (Lipinski definition) is 1. The number of nitrogens with zero attached hydrogens (tertiary/aromatic N) is 2. The van der Waals surface area contributed by atoms with Gasteiger partial charge in [-0.2, -0.15) is 0 Å². The van der Waals surface area contributed by atoms with E-state index >= 15 is 0 Å². The van der Waals surface area contributed by atoms with Gasteiger partial charge in [0.25, 0.3) is 0 Å². The molecule has 5 nitrogen and oxygen atoms in total. The molecule has 2 heterocycles. The summed E-state index contributed by atoms with van der Waals surface area (Å²) in [6, 6.07) is 6.89. The summed E-state index contributed by atoms with van der Waals surface area (Å²) in [5.41, 5.74) is 8.83. The van der Waals surface area contributed by atoms with E-state index in [0.717, 1.165) is 31.6 Å². The Kier molecular flexibility index (Phi) is 3.90. The fourth-order valence-electron chi connectivity index (χ4n) is 3.60. The molecule has 0 aromatic heterocycles. The summed E-state index contributed by atoms with van der Waals surface area (Å²) in [5, 5.41) is 0. The van der Waals surface area contributed by atoms with Gasteiger partial charge < -0.3 is 20.3 Å². The Balaban J connectivity index is 1.70. The lowest BCUT2D eigenvalue weighted by Gasteiger charge is -2.36. The number of rotatable bonds is 2. The lowest BCUT2D eigenvalue weighted by Crippen LogP contribution is -2.50. The molecule has 0 aliphatic carbocycles. The van der Waals surface area contributed by atoms with Gasteiger partial charge in [0.1, 0.15) is 5.60 Å². The minimum absolute atomic E-state index is 0.184. The first-order chi connectivity index (χ1) is 10.8. The van der Waals surface area contributed by atoms with Gasteiger partial charge in [0, 0.05) is 30.5 Å². The number of carbonyl (C=O) groups is 1. The predicted molar refractivity (Wildman–Crippen MR) is 92.7 cm³/mol. The van der Waals surface area contributed by atoms with E-state index in [1.165, 1.54) is 11.3 Å². The van der Waals surface area contributed by atoms with Crippen LogP contribution in [0.4, 0.5) is 16.2 Å². The normalized spacial score (nSPS) is 23.5. The number of ether oxygens (including phenoxy) is 1. The van der Waals surface area contributed by atoms with E-state index in [1.807, 2.05) is 31.7 Å². The van der Waals surface area contributed by atoms with Gasteiger partial charge in [-0.1, -0.05) is 6.92 Å². The number of fused-ring (bicyclic) bond motifs is 2. The lowest BCUT2D eigenvalue weighted by molar-refractivity contribution is 0.0215. The Morgan fingerprint density at radius 1 is 1.30 bits per heavy atom. The average Bonchev–Trinajstić information content (AvgIpc) is 3.06. The van der Waals surface area contributed by atoms with Crippen LogP contribution in [0, 0.1) is 0 Å². The first kappa shape index (κ1) is 16.0. The smallest absolute Gasteiger partial charge is 0.410 e. The molecule has 2 aliphatic heterocycles. The predicted octanol–water partition coefficient (Wildman–Crippen LogP) is 3.03. The number of aryl methyl sites for hydroxylation is 1. The van der Waals surface area contributed by atoms with Crippen LogP contribution in [0.25, 0.3) is 0 Å². The standard InChI is InChI=1S/C18H27N3O2/c1-5-12-8-13(6-7-16(12)19)20-10-15-9-14(20)11-21(15)17(22)23-18(2,3)4/h6-8,14-15H,5,9-11,19H2,1-4H3/t14-,15-/m1/s1. The molecule has 2 fully saturated rings. The Morgan fingerprint density at radius 2 is 2.04 bits per heavy atom. The molecule has 0 radical (unpaired) electrons. The van der Waals surface area contributed by atoms with E-state index in [1.54, 1.807) is 0 Å². The van der Waals surface area contributed by atoms with Crippen molar-refractivity contribution in [3.63, 3.8) is 0 Å². The second-order valence-corrected chi connectivity index (χ2v) is 7.57. The number of nitrogen functional groups attached to an aromatic ring is 1. The van der Waals surface area contributed by atoms with Crippen molar-refractivity contribution in [3.05, 3.63) is 23.8 Å². The van der Waals surface area contributed by atoms with E-state index in [9.17, 15) is 4.79 Å². The van der Waals surface area contributed by atoms with Crippen LogP contribution in [-0.2, 0) is 11.2 Å². The fraction of sp³-hybridized carbons (Fsp3) is 0.611. The maximum absolute atomic E-state index is 12.3. The summed E-state index contributed by atoms with van der Waals surface area (Å²) in [6.45, 7) is 9.46. The van der Waals surface area contributed by atoms with Crippen molar-refractivity contribution in [2.75, 3.05) is 23.7 Å². The average molecular weight is 317 g/mol. The third-order valence-electron chi connectivity index (χ3n) is 4.71. The van der Waals surface area contributed by atoms with Crippen molar-refractivity contribution in [2.45, 2.75) is 58.2 Å². The number of piperazine rings is 1. The van der Waals surface area contributed by atoms with Gasteiger partial charge >= 0.3 is 6.09 Å². The molecule has 1 amide bonds. The SMILES string of the molecule is CCc1cc(N2C[C@H]3C[C@@H]2CN3C(=O)OC(C)(C)C)ccc1N. The van der Waals surface area contributed by atoms with Crippen molar-refractivity contribution >= 4 is 17.5 Å². The molecule has 3 rings (SSSR count). The largest absolute Gasteiger partial charge is 0.444 e. The molecular weight excluding hydrogens is 290 g/mol. The first-order valence-corrected chi connectivity index (χ1v) is 8.43. The summed E-state index contributed by atoms with van der Waals surface area (Å²) in [6.07, 6.45) is 1.77. The van der Waals surface area contributed by atoms with Crippen LogP contribution >= 0.6 is 0 Å². The molecular formula is C18H27N3O2. The minimum atomic E-state index is -0.439. The maximum Gasteiger partial charge on any atom is 0.410 e. The van der Waals surface area contributed by atoms with Crippen LogP contribution in [0.2, 0.25) is 0 Å². The van der Waals surface area contributed by atoms with Gasteiger partial charge in [-0.25, -0.2) is 4.79 Å². The van der Waals surface area contributed by atoms with Crippen molar-refractivity contribution in [1.29, 1.82) is 0 Å². The topological polar surface area (TPSA) is 58.8 Å². The minimum Gasteiger partial charge on any atom is -0.444 e. The molecule has 0 spiro atoms. The van der Waals surface area contributed by atoms with E-state index in [0.29, 0.717) is 6.04 Å². The van der Waals surface area contributed by atoms with Crippen molar-refractivity contribution in [2.24, 2.45) is 0 Å². The zero-order valence-corrected chi connectivity index (χ0v) is 14.5. The molecule has 1 aromatic rings. The van der Waals surface area contributed by atoms with Crippen LogP contribution in [-0.4, -0.2) is 41.8 Å². The van der Waals surface area contributed by atoms with Crippen molar-refractivity contribution in [3.8, 4) is 0 Å². The van der Waals surface area contributed by atoms with Crippen LogP contribution in [0.1, 0.15) is 39.7 Å². The molecule has 2 bridgehead atoms.